The zero-order chi connectivity index (χ0) is 14.3. The number of hydrogen-bond acceptors (Lipinski definition) is 2. The first-order chi connectivity index (χ1) is 8.94. The van der Waals surface area contributed by atoms with Gasteiger partial charge in [-0.25, -0.2) is 0 Å². The van der Waals surface area contributed by atoms with Gasteiger partial charge in [0.2, 0.25) is 0 Å². The summed E-state index contributed by atoms with van der Waals surface area (Å²) in [4.78, 5) is 0. The summed E-state index contributed by atoms with van der Waals surface area (Å²) in [5, 5.41) is 3.52. The number of likely N-dealkylation sites (N-methyl/N-ethyl adjacent to an activating group) is 1. The molecule has 0 heterocycles. The van der Waals surface area contributed by atoms with Crippen molar-refractivity contribution in [3.8, 4) is 0 Å². The van der Waals surface area contributed by atoms with E-state index in [0.717, 1.165) is 19.6 Å². The van der Waals surface area contributed by atoms with Gasteiger partial charge in [-0.3, -0.25) is 0 Å². The molecule has 0 amide bonds. The molecule has 0 aromatic heterocycles. The Balaban J connectivity index is 2.56. The average Bonchev–Trinajstić information content (AvgIpc) is 2.35. The van der Waals surface area contributed by atoms with Gasteiger partial charge in [0.1, 0.15) is 0 Å². The highest BCUT2D eigenvalue weighted by Gasteiger charge is 2.19. The molecule has 0 spiro atoms. The standard InChI is InChI=1S/C17H29NO/c1-6-18-16(15-10-8-7-9-11-15)14(2)19-13-12-17(3,4)5/h7-11,14,16,18H,6,12-13H2,1-5H3. The van der Waals surface area contributed by atoms with Crippen molar-refractivity contribution in [1.82, 2.24) is 5.32 Å². The van der Waals surface area contributed by atoms with Crippen molar-refractivity contribution < 1.29 is 4.74 Å². The Hall–Kier alpha value is -0.860. The fraction of sp³-hybridized carbons (Fsp3) is 0.647. The lowest BCUT2D eigenvalue weighted by Gasteiger charge is -2.27. The minimum Gasteiger partial charge on any atom is -0.377 e. The molecule has 2 unspecified atom stereocenters. The summed E-state index contributed by atoms with van der Waals surface area (Å²) >= 11 is 0. The minimum atomic E-state index is 0.185. The molecule has 2 atom stereocenters. The van der Waals surface area contributed by atoms with Crippen LogP contribution in [0, 0.1) is 5.41 Å². The number of ether oxygens (including phenoxy) is 1. The quantitative estimate of drug-likeness (QED) is 0.797. The SMILES string of the molecule is CCNC(c1ccccc1)C(C)OCCC(C)(C)C. The van der Waals surface area contributed by atoms with Crippen molar-refractivity contribution in [3.05, 3.63) is 35.9 Å². The Morgan fingerprint density at radius 2 is 1.79 bits per heavy atom. The molecule has 108 valence electrons. The normalized spacial score (nSPS) is 15.2. The van der Waals surface area contributed by atoms with Gasteiger partial charge in [-0.05, 0) is 30.9 Å². The molecule has 0 saturated carbocycles. The molecule has 0 fully saturated rings. The highest BCUT2D eigenvalue weighted by atomic mass is 16.5. The van der Waals surface area contributed by atoms with Crippen molar-refractivity contribution in [2.24, 2.45) is 5.41 Å². The first-order valence-electron chi connectivity index (χ1n) is 7.34. The van der Waals surface area contributed by atoms with E-state index in [1.165, 1.54) is 5.56 Å². The van der Waals surface area contributed by atoms with Crippen LogP contribution in [0.2, 0.25) is 0 Å². The van der Waals surface area contributed by atoms with Gasteiger partial charge in [0, 0.05) is 6.61 Å². The molecule has 0 aliphatic carbocycles. The Morgan fingerprint density at radius 3 is 2.32 bits per heavy atom. The lowest BCUT2D eigenvalue weighted by Crippen LogP contribution is -2.32. The van der Waals surface area contributed by atoms with Crippen LogP contribution >= 0.6 is 0 Å². The summed E-state index contributed by atoms with van der Waals surface area (Å²) in [6, 6.07) is 10.8. The van der Waals surface area contributed by atoms with Gasteiger partial charge in [0.15, 0.2) is 0 Å². The molecule has 0 aliphatic rings. The maximum Gasteiger partial charge on any atom is 0.0741 e. The van der Waals surface area contributed by atoms with E-state index in [-0.39, 0.29) is 12.1 Å². The molecule has 2 heteroatoms. The molecule has 0 saturated heterocycles. The Morgan fingerprint density at radius 1 is 1.16 bits per heavy atom. The predicted octanol–water partition coefficient (Wildman–Crippen LogP) is 4.18. The molecule has 0 aliphatic heterocycles. The zero-order valence-corrected chi connectivity index (χ0v) is 13.1. The van der Waals surface area contributed by atoms with E-state index >= 15 is 0 Å². The second kappa shape index (κ2) is 7.66. The van der Waals surface area contributed by atoms with E-state index in [0.29, 0.717) is 5.41 Å². The van der Waals surface area contributed by atoms with E-state index in [4.69, 9.17) is 4.74 Å². The number of benzene rings is 1. The lowest BCUT2D eigenvalue weighted by atomic mass is 9.93. The summed E-state index contributed by atoms with van der Waals surface area (Å²) in [7, 11) is 0. The lowest BCUT2D eigenvalue weighted by molar-refractivity contribution is 0.0252. The van der Waals surface area contributed by atoms with Crippen LogP contribution in [0.3, 0.4) is 0 Å². The summed E-state index contributed by atoms with van der Waals surface area (Å²) in [5.41, 5.74) is 1.63. The van der Waals surface area contributed by atoms with Gasteiger partial charge >= 0.3 is 0 Å². The van der Waals surface area contributed by atoms with Crippen LogP contribution < -0.4 is 5.32 Å². The first kappa shape index (κ1) is 16.2. The highest BCUT2D eigenvalue weighted by Crippen LogP contribution is 2.22. The van der Waals surface area contributed by atoms with Gasteiger partial charge in [-0.15, -0.1) is 0 Å². The molecule has 1 aromatic rings. The molecular formula is C17H29NO. The van der Waals surface area contributed by atoms with E-state index in [1.54, 1.807) is 0 Å². The molecule has 2 nitrogen and oxygen atoms in total. The molecule has 0 bridgehead atoms. The van der Waals surface area contributed by atoms with Crippen LogP contribution in [-0.2, 0) is 4.74 Å². The predicted molar refractivity (Wildman–Crippen MR) is 82.3 cm³/mol. The molecule has 0 radical (unpaired) electrons. The Labute approximate surface area is 118 Å². The van der Waals surface area contributed by atoms with Crippen molar-refractivity contribution in [1.29, 1.82) is 0 Å². The number of hydrogen-bond donors (Lipinski definition) is 1. The molecule has 1 rings (SSSR count). The van der Waals surface area contributed by atoms with E-state index in [1.807, 2.05) is 0 Å². The fourth-order valence-electron chi connectivity index (χ4n) is 2.08. The molecular weight excluding hydrogens is 234 g/mol. The van der Waals surface area contributed by atoms with Gasteiger partial charge in [0.05, 0.1) is 12.1 Å². The summed E-state index contributed by atoms with van der Waals surface area (Å²) in [5.74, 6) is 0. The largest absolute Gasteiger partial charge is 0.377 e. The Bertz CT molecular complexity index is 342. The third-order valence-corrected chi connectivity index (χ3v) is 3.28. The van der Waals surface area contributed by atoms with E-state index in [9.17, 15) is 0 Å². The van der Waals surface area contributed by atoms with Crippen LogP contribution in [0.4, 0.5) is 0 Å². The topological polar surface area (TPSA) is 21.3 Å². The molecule has 19 heavy (non-hydrogen) atoms. The van der Waals surface area contributed by atoms with Crippen LogP contribution in [0.15, 0.2) is 30.3 Å². The fourth-order valence-corrected chi connectivity index (χ4v) is 2.08. The zero-order valence-electron chi connectivity index (χ0n) is 13.1. The maximum absolute atomic E-state index is 6.02. The smallest absolute Gasteiger partial charge is 0.0741 e. The van der Waals surface area contributed by atoms with Gasteiger partial charge in [-0.2, -0.15) is 0 Å². The highest BCUT2D eigenvalue weighted by molar-refractivity contribution is 5.19. The monoisotopic (exact) mass is 263 g/mol. The van der Waals surface area contributed by atoms with E-state index in [2.05, 4.69) is 70.3 Å². The second-order valence-electron chi connectivity index (χ2n) is 6.33. The van der Waals surface area contributed by atoms with Crippen LogP contribution in [0.5, 0.6) is 0 Å². The number of nitrogens with one attached hydrogen (secondary N) is 1. The van der Waals surface area contributed by atoms with Gasteiger partial charge in [0.25, 0.3) is 0 Å². The van der Waals surface area contributed by atoms with Crippen molar-refractivity contribution in [3.63, 3.8) is 0 Å². The van der Waals surface area contributed by atoms with Crippen LogP contribution in [-0.4, -0.2) is 19.3 Å². The van der Waals surface area contributed by atoms with Crippen LogP contribution in [0.25, 0.3) is 0 Å². The minimum absolute atomic E-state index is 0.185. The van der Waals surface area contributed by atoms with Gasteiger partial charge < -0.3 is 10.1 Å². The average molecular weight is 263 g/mol. The number of rotatable bonds is 7. The van der Waals surface area contributed by atoms with Crippen molar-refractivity contribution >= 4 is 0 Å². The third kappa shape index (κ3) is 6.22. The maximum atomic E-state index is 6.02. The van der Waals surface area contributed by atoms with Crippen LogP contribution in [0.1, 0.15) is 52.6 Å². The second-order valence-corrected chi connectivity index (χ2v) is 6.33. The first-order valence-corrected chi connectivity index (χ1v) is 7.34. The summed E-state index contributed by atoms with van der Waals surface area (Å²) in [6.45, 7) is 12.8. The third-order valence-electron chi connectivity index (χ3n) is 3.28. The Kier molecular flexibility index (Phi) is 6.53. The summed E-state index contributed by atoms with van der Waals surface area (Å²) in [6.07, 6.45) is 1.27. The molecule has 1 aromatic carbocycles. The summed E-state index contributed by atoms with van der Waals surface area (Å²) < 4.78 is 6.02. The molecule has 1 N–H and O–H groups in total. The van der Waals surface area contributed by atoms with Crippen molar-refractivity contribution in [2.45, 2.75) is 53.2 Å². The van der Waals surface area contributed by atoms with Gasteiger partial charge in [-0.1, -0.05) is 58.0 Å². The van der Waals surface area contributed by atoms with E-state index < -0.39 is 0 Å². The van der Waals surface area contributed by atoms with Crippen molar-refractivity contribution in [2.75, 3.05) is 13.2 Å².